The molecule has 1 N–H and O–H groups in total. The summed E-state index contributed by atoms with van der Waals surface area (Å²) >= 11 is 3.97. The summed E-state index contributed by atoms with van der Waals surface area (Å²) in [4.78, 5) is 48.8. The fraction of sp³-hybridized carbons (Fsp3) is 0.259. The van der Waals surface area contributed by atoms with Gasteiger partial charge in [-0.05, 0) is 62.8 Å². The van der Waals surface area contributed by atoms with Gasteiger partial charge in [-0.1, -0.05) is 40.8 Å². The molecule has 0 radical (unpaired) electrons. The topological polar surface area (TPSA) is 120 Å². The Bertz CT molecular complexity index is 1860. The number of non-ortho nitro benzene ring substituents is 1. The molecule has 1 amide bonds. The van der Waals surface area contributed by atoms with Gasteiger partial charge < -0.3 is 5.32 Å². The van der Waals surface area contributed by atoms with E-state index in [4.69, 9.17) is 4.98 Å². The molecule has 0 unspecified atom stereocenters. The van der Waals surface area contributed by atoms with Crippen LogP contribution in [0.3, 0.4) is 0 Å². The van der Waals surface area contributed by atoms with Gasteiger partial charge in [0.2, 0.25) is 5.91 Å². The van der Waals surface area contributed by atoms with Crippen molar-refractivity contribution in [1.29, 1.82) is 0 Å². The van der Waals surface area contributed by atoms with Crippen molar-refractivity contribution in [3.63, 3.8) is 0 Å². The standard InChI is InChI=1S/C27H23N5O4S3/c1-14-7-10-19(15(2)11-14)31-25(34)23-17-5-3-4-6-20(17)38-24(23)30-27(31)37-13-22(33)29-26-28-18-9-8-16(32(35)36)12-21(18)39-26/h7-12H,3-6,13H2,1-2H3,(H,28,29,33). The molecule has 12 heteroatoms. The normalized spacial score (nSPS) is 13.1. The van der Waals surface area contributed by atoms with E-state index in [-0.39, 0.29) is 22.9 Å². The molecule has 0 saturated carbocycles. The summed E-state index contributed by atoms with van der Waals surface area (Å²) in [6.45, 7) is 3.98. The van der Waals surface area contributed by atoms with Crippen molar-refractivity contribution in [2.24, 2.45) is 0 Å². The number of carbonyl (C=O) groups excluding carboxylic acids is 1. The van der Waals surface area contributed by atoms with Crippen molar-refractivity contribution in [2.75, 3.05) is 11.1 Å². The number of aryl methyl sites for hydroxylation is 4. The molecule has 9 nitrogen and oxygen atoms in total. The van der Waals surface area contributed by atoms with Gasteiger partial charge in [0.15, 0.2) is 10.3 Å². The van der Waals surface area contributed by atoms with E-state index in [2.05, 4.69) is 10.3 Å². The van der Waals surface area contributed by atoms with Crippen LogP contribution in [0.5, 0.6) is 0 Å². The molecular weight excluding hydrogens is 555 g/mol. The van der Waals surface area contributed by atoms with Gasteiger partial charge in [0.25, 0.3) is 11.2 Å². The number of nitrogens with zero attached hydrogens (tertiary/aromatic N) is 4. The third kappa shape index (κ3) is 4.83. The number of hydrogen-bond acceptors (Lipinski definition) is 9. The lowest BCUT2D eigenvalue weighted by Crippen LogP contribution is -2.24. The number of hydrogen-bond donors (Lipinski definition) is 1. The number of nitro benzene ring substituents is 1. The molecule has 0 atom stereocenters. The first-order valence-corrected chi connectivity index (χ1v) is 15.0. The van der Waals surface area contributed by atoms with Crippen LogP contribution in [0.25, 0.3) is 26.1 Å². The molecule has 39 heavy (non-hydrogen) atoms. The summed E-state index contributed by atoms with van der Waals surface area (Å²) in [7, 11) is 0. The van der Waals surface area contributed by atoms with Gasteiger partial charge in [0.1, 0.15) is 4.83 Å². The predicted molar refractivity (Wildman–Crippen MR) is 157 cm³/mol. The van der Waals surface area contributed by atoms with E-state index in [1.807, 2.05) is 32.0 Å². The maximum Gasteiger partial charge on any atom is 0.270 e. The maximum absolute atomic E-state index is 14.0. The number of benzene rings is 2. The van der Waals surface area contributed by atoms with Crippen LogP contribution in [0.15, 0.2) is 46.3 Å². The third-order valence-corrected chi connectivity index (χ3v) is 9.77. The summed E-state index contributed by atoms with van der Waals surface area (Å²) in [6, 6.07) is 10.3. The molecule has 2 aromatic carbocycles. The van der Waals surface area contributed by atoms with Crippen LogP contribution >= 0.6 is 34.4 Å². The Hall–Kier alpha value is -3.61. The minimum Gasteiger partial charge on any atom is -0.301 e. The number of rotatable bonds is 6. The lowest BCUT2D eigenvalue weighted by atomic mass is 9.97. The Balaban J connectivity index is 1.33. The zero-order valence-electron chi connectivity index (χ0n) is 21.1. The van der Waals surface area contributed by atoms with Crippen molar-refractivity contribution < 1.29 is 9.72 Å². The molecule has 5 aromatic rings. The first kappa shape index (κ1) is 25.7. The third-order valence-electron chi connectivity index (χ3n) is 6.71. The highest BCUT2D eigenvalue weighted by molar-refractivity contribution is 7.99. The average Bonchev–Trinajstić information content (AvgIpc) is 3.48. The number of thiazole rings is 1. The highest BCUT2D eigenvalue weighted by Gasteiger charge is 2.24. The van der Waals surface area contributed by atoms with Crippen LogP contribution in [0.2, 0.25) is 0 Å². The molecule has 0 spiro atoms. The molecule has 0 bridgehead atoms. The van der Waals surface area contributed by atoms with Gasteiger partial charge in [-0.2, -0.15) is 0 Å². The Morgan fingerprint density at radius 2 is 1.95 bits per heavy atom. The number of thioether (sulfide) groups is 1. The Labute approximate surface area is 235 Å². The SMILES string of the molecule is Cc1ccc(-n2c(SCC(=O)Nc3nc4ccc([N+](=O)[O-])cc4s3)nc3sc4c(c3c2=O)CCCC4)c(C)c1. The first-order chi connectivity index (χ1) is 18.8. The van der Waals surface area contributed by atoms with Gasteiger partial charge in [-0.15, -0.1) is 11.3 Å². The van der Waals surface area contributed by atoms with E-state index in [9.17, 15) is 19.7 Å². The van der Waals surface area contributed by atoms with E-state index >= 15 is 0 Å². The Morgan fingerprint density at radius 1 is 1.13 bits per heavy atom. The average molecular weight is 578 g/mol. The van der Waals surface area contributed by atoms with Gasteiger partial charge in [0, 0.05) is 17.0 Å². The first-order valence-electron chi connectivity index (χ1n) is 12.4. The molecule has 1 aliphatic rings. The minimum absolute atomic E-state index is 0.0179. The molecule has 198 valence electrons. The minimum atomic E-state index is -0.461. The second-order valence-corrected chi connectivity index (χ2v) is 12.5. The predicted octanol–water partition coefficient (Wildman–Crippen LogP) is 6.19. The summed E-state index contributed by atoms with van der Waals surface area (Å²) < 4.78 is 2.26. The number of thiophene rings is 1. The number of carbonyl (C=O) groups is 1. The molecular formula is C27H23N5O4S3. The van der Waals surface area contributed by atoms with Crippen molar-refractivity contribution in [3.05, 3.63) is 78.4 Å². The smallest absolute Gasteiger partial charge is 0.270 e. The molecule has 6 rings (SSSR count). The van der Waals surface area contributed by atoms with E-state index in [1.54, 1.807) is 22.0 Å². The fourth-order valence-corrected chi connectivity index (χ4v) is 7.94. The summed E-state index contributed by atoms with van der Waals surface area (Å²) in [6.07, 6.45) is 4.04. The van der Waals surface area contributed by atoms with E-state index in [0.29, 0.717) is 25.9 Å². The number of nitro groups is 1. The zero-order valence-corrected chi connectivity index (χ0v) is 23.6. The Morgan fingerprint density at radius 3 is 2.74 bits per heavy atom. The molecule has 3 aromatic heterocycles. The van der Waals surface area contributed by atoms with Crippen molar-refractivity contribution in [2.45, 2.75) is 44.7 Å². The fourth-order valence-electron chi connectivity index (χ4n) is 4.92. The van der Waals surface area contributed by atoms with E-state index in [1.165, 1.54) is 40.1 Å². The number of nitrogens with one attached hydrogen (secondary N) is 1. The summed E-state index contributed by atoms with van der Waals surface area (Å²) in [5.74, 6) is -0.287. The molecule has 1 aliphatic carbocycles. The van der Waals surface area contributed by atoms with Crippen LogP contribution in [0, 0.1) is 24.0 Å². The van der Waals surface area contributed by atoms with Crippen molar-refractivity contribution in [3.8, 4) is 5.69 Å². The number of aromatic nitrogens is 3. The quantitative estimate of drug-likeness (QED) is 0.111. The maximum atomic E-state index is 14.0. The second kappa shape index (κ2) is 10.2. The number of fused-ring (bicyclic) bond motifs is 4. The highest BCUT2D eigenvalue weighted by Crippen LogP contribution is 2.36. The lowest BCUT2D eigenvalue weighted by Gasteiger charge is -2.15. The van der Waals surface area contributed by atoms with Gasteiger partial charge >= 0.3 is 0 Å². The van der Waals surface area contributed by atoms with Crippen LogP contribution < -0.4 is 10.9 Å². The largest absolute Gasteiger partial charge is 0.301 e. The summed E-state index contributed by atoms with van der Waals surface area (Å²) in [5, 5.41) is 15.4. The second-order valence-electron chi connectivity index (χ2n) is 9.48. The molecule has 0 fully saturated rings. The summed E-state index contributed by atoms with van der Waals surface area (Å²) in [5.41, 5.74) is 4.39. The monoisotopic (exact) mass is 577 g/mol. The lowest BCUT2D eigenvalue weighted by molar-refractivity contribution is -0.384. The molecule has 0 saturated heterocycles. The van der Waals surface area contributed by atoms with Crippen LogP contribution in [0.1, 0.15) is 34.4 Å². The van der Waals surface area contributed by atoms with Gasteiger partial charge in [-0.25, -0.2) is 9.97 Å². The van der Waals surface area contributed by atoms with Crippen LogP contribution in [-0.2, 0) is 17.6 Å². The number of anilines is 1. The van der Waals surface area contributed by atoms with Crippen LogP contribution in [-0.4, -0.2) is 31.1 Å². The number of amides is 1. The van der Waals surface area contributed by atoms with Crippen LogP contribution in [0.4, 0.5) is 10.8 Å². The van der Waals surface area contributed by atoms with Crippen molar-refractivity contribution in [1.82, 2.24) is 14.5 Å². The van der Waals surface area contributed by atoms with Crippen molar-refractivity contribution >= 4 is 71.6 Å². The highest BCUT2D eigenvalue weighted by atomic mass is 32.2. The molecule has 0 aliphatic heterocycles. The Kier molecular flexibility index (Phi) is 6.69. The van der Waals surface area contributed by atoms with Gasteiger partial charge in [-0.3, -0.25) is 24.3 Å². The van der Waals surface area contributed by atoms with E-state index < -0.39 is 4.92 Å². The molecule has 3 heterocycles. The zero-order chi connectivity index (χ0) is 27.3. The van der Waals surface area contributed by atoms with E-state index in [0.717, 1.165) is 52.9 Å². The van der Waals surface area contributed by atoms with Gasteiger partial charge in [0.05, 0.1) is 32.0 Å².